The molecule has 1 unspecified atom stereocenters. The van der Waals surface area contributed by atoms with Gasteiger partial charge in [-0.05, 0) is 80.0 Å². The molecule has 1 aliphatic rings. The number of amides is 1. The van der Waals surface area contributed by atoms with Crippen LogP contribution in [0.2, 0.25) is 0 Å². The molecular formula is C26H33NO3. The van der Waals surface area contributed by atoms with Gasteiger partial charge in [-0.15, -0.1) is 0 Å². The van der Waals surface area contributed by atoms with Gasteiger partial charge in [-0.25, -0.2) is 0 Å². The third-order valence-corrected chi connectivity index (χ3v) is 5.42. The van der Waals surface area contributed by atoms with Crippen LogP contribution < -0.4 is 5.32 Å². The molecule has 4 nitrogen and oxygen atoms in total. The number of phenolic OH excluding ortho intramolecular Hbond substituents is 1. The Morgan fingerprint density at radius 3 is 2.47 bits per heavy atom. The first kappa shape index (κ1) is 23.4. The van der Waals surface area contributed by atoms with Gasteiger partial charge in [0.25, 0.3) is 0 Å². The molecule has 0 bridgehead atoms. The molecule has 1 amide bonds. The third-order valence-electron chi connectivity index (χ3n) is 5.42. The minimum Gasteiger partial charge on any atom is -0.508 e. The summed E-state index contributed by atoms with van der Waals surface area (Å²) < 4.78 is 0. The van der Waals surface area contributed by atoms with Crippen molar-refractivity contribution in [3.63, 3.8) is 0 Å². The van der Waals surface area contributed by atoms with E-state index in [0.717, 1.165) is 29.6 Å². The third kappa shape index (κ3) is 6.89. The minimum absolute atomic E-state index is 0.0696. The summed E-state index contributed by atoms with van der Waals surface area (Å²) in [5, 5.41) is 22.2. The van der Waals surface area contributed by atoms with E-state index in [0.29, 0.717) is 5.69 Å². The van der Waals surface area contributed by atoms with Gasteiger partial charge in [-0.1, -0.05) is 49.8 Å². The Bertz CT molecular complexity index is 912. The van der Waals surface area contributed by atoms with Crippen molar-refractivity contribution in [2.45, 2.75) is 53.6 Å². The molecule has 30 heavy (non-hydrogen) atoms. The molecule has 1 aromatic rings. The molecule has 4 heteroatoms. The predicted molar refractivity (Wildman–Crippen MR) is 124 cm³/mol. The van der Waals surface area contributed by atoms with Crippen LogP contribution in [0, 0.1) is 5.41 Å². The van der Waals surface area contributed by atoms with E-state index in [2.05, 4.69) is 31.3 Å². The summed E-state index contributed by atoms with van der Waals surface area (Å²) in [7, 11) is 0. The van der Waals surface area contributed by atoms with Crippen molar-refractivity contribution in [2.75, 3.05) is 5.32 Å². The number of benzene rings is 1. The summed E-state index contributed by atoms with van der Waals surface area (Å²) in [6.45, 7) is 10.4. The monoisotopic (exact) mass is 407 g/mol. The number of hydrogen-bond acceptors (Lipinski definition) is 3. The quantitative estimate of drug-likeness (QED) is 0.315. The zero-order chi connectivity index (χ0) is 22.3. The number of hydrogen-bond donors (Lipinski definition) is 3. The first-order valence-electron chi connectivity index (χ1n) is 10.3. The number of nitrogens with one attached hydrogen (secondary N) is 1. The molecule has 0 spiro atoms. The van der Waals surface area contributed by atoms with Crippen LogP contribution in [0.25, 0.3) is 0 Å². The molecule has 2 rings (SSSR count). The molecular weight excluding hydrogens is 374 g/mol. The maximum Gasteiger partial charge on any atom is 0.248 e. The van der Waals surface area contributed by atoms with Crippen LogP contribution in [0.15, 0.2) is 83.0 Å². The van der Waals surface area contributed by atoms with Gasteiger partial charge >= 0.3 is 0 Å². The van der Waals surface area contributed by atoms with Crippen LogP contribution in [0.5, 0.6) is 5.75 Å². The highest BCUT2D eigenvalue weighted by atomic mass is 16.3. The van der Waals surface area contributed by atoms with E-state index in [1.54, 1.807) is 12.1 Å². The highest BCUT2D eigenvalue weighted by Gasteiger charge is 2.30. The second-order valence-electron chi connectivity index (χ2n) is 8.56. The van der Waals surface area contributed by atoms with Crippen molar-refractivity contribution in [3.8, 4) is 5.75 Å². The van der Waals surface area contributed by atoms with Crippen LogP contribution in [0.1, 0.15) is 47.5 Å². The first-order chi connectivity index (χ1) is 14.1. The number of rotatable bonds is 6. The van der Waals surface area contributed by atoms with Gasteiger partial charge in [0.15, 0.2) is 0 Å². The lowest BCUT2D eigenvalue weighted by Crippen LogP contribution is -2.27. The van der Waals surface area contributed by atoms with E-state index >= 15 is 0 Å². The molecule has 0 saturated heterocycles. The van der Waals surface area contributed by atoms with Crippen molar-refractivity contribution in [1.82, 2.24) is 0 Å². The van der Waals surface area contributed by atoms with Crippen molar-refractivity contribution >= 4 is 11.6 Å². The SMILES string of the molecule is CC1=C(/C=C/C(C)=C/C=C/C(C)=C/C(=O)Nc2ccc(O)cc2)C(C)(C)CCC1O. The van der Waals surface area contributed by atoms with Crippen LogP contribution in [0.4, 0.5) is 5.69 Å². The number of carbonyl (C=O) groups is 1. The van der Waals surface area contributed by atoms with Crippen LogP contribution >= 0.6 is 0 Å². The summed E-state index contributed by atoms with van der Waals surface area (Å²) >= 11 is 0. The zero-order valence-corrected chi connectivity index (χ0v) is 18.6. The lowest BCUT2D eigenvalue weighted by atomic mass is 9.71. The van der Waals surface area contributed by atoms with Gasteiger partial charge < -0.3 is 15.5 Å². The van der Waals surface area contributed by atoms with Crippen molar-refractivity contribution < 1.29 is 15.0 Å². The normalized spacial score (nSPS) is 20.3. The fourth-order valence-corrected chi connectivity index (χ4v) is 3.52. The lowest BCUT2D eigenvalue weighted by molar-refractivity contribution is -0.111. The fourth-order valence-electron chi connectivity index (χ4n) is 3.52. The van der Waals surface area contributed by atoms with E-state index in [9.17, 15) is 15.0 Å². The van der Waals surface area contributed by atoms with Crippen LogP contribution in [0.3, 0.4) is 0 Å². The van der Waals surface area contributed by atoms with Crippen LogP contribution in [-0.4, -0.2) is 22.2 Å². The molecule has 1 atom stereocenters. The second kappa shape index (κ2) is 10.3. The maximum atomic E-state index is 12.1. The van der Waals surface area contributed by atoms with E-state index < -0.39 is 0 Å². The predicted octanol–water partition coefficient (Wildman–Crippen LogP) is 5.83. The number of carbonyl (C=O) groups excluding carboxylic acids is 1. The molecule has 0 radical (unpaired) electrons. The van der Waals surface area contributed by atoms with Gasteiger partial charge in [0.1, 0.15) is 5.75 Å². The summed E-state index contributed by atoms with van der Waals surface area (Å²) in [6, 6.07) is 6.35. The van der Waals surface area contributed by atoms with E-state index in [1.807, 2.05) is 39.0 Å². The molecule has 160 valence electrons. The molecule has 1 aliphatic carbocycles. The largest absolute Gasteiger partial charge is 0.508 e. The van der Waals surface area contributed by atoms with E-state index in [-0.39, 0.29) is 23.2 Å². The molecule has 3 N–H and O–H groups in total. The van der Waals surface area contributed by atoms with Gasteiger partial charge in [0.2, 0.25) is 5.91 Å². The molecule has 1 aromatic carbocycles. The Morgan fingerprint density at radius 2 is 1.80 bits per heavy atom. The molecule has 0 heterocycles. The van der Waals surface area contributed by atoms with Crippen molar-refractivity contribution in [1.29, 1.82) is 0 Å². The summed E-state index contributed by atoms with van der Waals surface area (Å²) in [4.78, 5) is 12.1. The fraction of sp³-hybridized carbons (Fsp3) is 0.346. The average Bonchev–Trinajstić information content (AvgIpc) is 2.66. The first-order valence-corrected chi connectivity index (χ1v) is 10.3. The number of aliphatic hydroxyl groups is 1. The average molecular weight is 408 g/mol. The number of aliphatic hydroxyl groups excluding tert-OH is 1. The van der Waals surface area contributed by atoms with Gasteiger partial charge in [-0.3, -0.25) is 4.79 Å². The topological polar surface area (TPSA) is 69.6 Å². The zero-order valence-electron chi connectivity index (χ0n) is 18.6. The summed E-state index contributed by atoms with van der Waals surface area (Å²) in [5.74, 6) is -0.0579. The number of anilines is 1. The highest BCUT2D eigenvalue weighted by Crippen LogP contribution is 2.41. The summed E-state index contributed by atoms with van der Waals surface area (Å²) in [6.07, 6.45) is 13.0. The lowest BCUT2D eigenvalue weighted by Gasteiger charge is -2.35. The highest BCUT2D eigenvalue weighted by molar-refractivity contribution is 5.99. The van der Waals surface area contributed by atoms with Crippen LogP contribution in [-0.2, 0) is 4.79 Å². The molecule has 0 fully saturated rings. The Morgan fingerprint density at radius 1 is 1.13 bits per heavy atom. The minimum atomic E-state index is -0.345. The molecule has 0 aromatic heterocycles. The summed E-state index contributed by atoms with van der Waals surface area (Å²) in [5.41, 5.74) is 4.88. The Kier molecular flexibility index (Phi) is 8.01. The van der Waals surface area contributed by atoms with Gasteiger partial charge in [0, 0.05) is 11.8 Å². The Hall–Kier alpha value is -2.85. The number of allylic oxidation sites excluding steroid dienone is 8. The smallest absolute Gasteiger partial charge is 0.248 e. The van der Waals surface area contributed by atoms with Gasteiger partial charge in [-0.2, -0.15) is 0 Å². The van der Waals surface area contributed by atoms with Crippen molar-refractivity contribution in [3.05, 3.63) is 83.0 Å². The number of aromatic hydroxyl groups is 1. The van der Waals surface area contributed by atoms with E-state index in [4.69, 9.17) is 0 Å². The standard InChI is InChI=1S/C26H33NO3/c1-18(9-14-23-20(3)24(29)15-16-26(23,4)5)7-6-8-19(2)17-25(30)27-21-10-12-22(28)13-11-21/h6-14,17,24,28-29H,15-16H2,1-5H3,(H,27,30)/b8-6+,14-9+,18-7+,19-17+. The molecule has 0 aliphatic heterocycles. The second-order valence-corrected chi connectivity index (χ2v) is 8.56. The maximum absolute atomic E-state index is 12.1. The molecule has 0 saturated carbocycles. The van der Waals surface area contributed by atoms with Gasteiger partial charge in [0.05, 0.1) is 6.10 Å². The van der Waals surface area contributed by atoms with Crippen molar-refractivity contribution in [2.24, 2.45) is 5.41 Å². The van der Waals surface area contributed by atoms with E-state index in [1.165, 1.54) is 23.8 Å². The number of phenols is 1. The Labute approximate surface area is 180 Å². The Balaban J connectivity index is 1.99.